The quantitative estimate of drug-likeness (QED) is 0.244. The van der Waals surface area contributed by atoms with Crippen molar-refractivity contribution in [3.05, 3.63) is 83.6 Å². The number of benzene rings is 2. The number of alkyl halides is 6. The highest BCUT2D eigenvalue weighted by molar-refractivity contribution is 6.04. The molecule has 0 radical (unpaired) electrons. The number of aromatic nitrogens is 1. The highest BCUT2D eigenvalue weighted by Crippen LogP contribution is 2.20. The maximum atomic E-state index is 12.6. The fourth-order valence-electron chi connectivity index (χ4n) is 4.17. The van der Waals surface area contributed by atoms with Gasteiger partial charge in [0.05, 0.1) is 0 Å². The smallest absolute Gasteiger partial charge is 0.475 e. The van der Waals surface area contributed by atoms with E-state index >= 15 is 0 Å². The molecule has 0 saturated carbocycles. The van der Waals surface area contributed by atoms with Gasteiger partial charge in [0, 0.05) is 68.8 Å². The number of amides is 2. The number of halogens is 6. The minimum Gasteiger partial charge on any atom is -0.475 e. The fraction of sp³-hybridized carbons (Fsp3) is 0.323. The topological polar surface area (TPSA) is 152 Å². The molecule has 0 bridgehead atoms. The van der Waals surface area contributed by atoms with Crippen LogP contribution in [-0.2, 0) is 20.9 Å². The summed E-state index contributed by atoms with van der Waals surface area (Å²) in [6.45, 7) is 8.08. The van der Waals surface area contributed by atoms with Crippen molar-refractivity contribution in [2.45, 2.75) is 39.2 Å². The zero-order valence-electron chi connectivity index (χ0n) is 25.7. The molecule has 2 heterocycles. The summed E-state index contributed by atoms with van der Waals surface area (Å²) in [5.74, 6) is -4.82. The van der Waals surface area contributed by atoms with Gasteiger partial charge >= 0.3 is 24.3 Å². The Kier molecular flexibility index (Phi) is 14.3. The first kappa shape index (κ1) is 39.0. The van der Waals surface area contributed by atoms with E-state index in [1.807, 2.05) is 55.5 Å². The van der Waals surface area contributed by atoms with Crippen LogP contribution in [0.4, 0.5) is 43.5 Å². The molecule has 17 heteroatoms. The van der Waals surface area contributed by atoms with Gasteiger partial charge in [-0.3, -0.25) is 14.5 Å². The summed E-state index contributed by atoms with van der Waals surface area (Å²) in [5.41, 5.74) is 4.49. The van der Waals surface area contributed by atoms with Crippen LogP contribution in [0.3, 0.4) is 0 Å². The fourth-order valence-corrected chi connectivity index (χ4v) is 4.17. The van der Waals surface area contributed by atoms with Crippen molar-refractivity contribution in [3.8, 4) is 0 Å². The molecule has 4 rings (SSSR count). The van der Waals surface area contributed by atoms with Crippen molar-refractivity contribution < 1.29 is 55.7 Å². The average molecular weight is 686 g/mol. The Bertz CT molecular complexity index is 1530. The molecule has 0 spiro atoms. The van der Waals surface area contributed by atoms with E-state index in [1.54, 1.807) is 6.20 Å². The maximum absolute atomic E-state index is 12.6. The molecule has 1 saturated heterocycles. The molecule has 0 aliphatic carbocycles. The van der Waals surface area contributed by atoms with Crippen LogP contribution in [0.5, 0.6) is 0 Å². The molecule has 2 aromatic carbocycles. The third-order valence-corrected chi connectivity index (χ3v) is 6.36. The second-order valence-electron chi connectivity index (χ2n) is 10.3. The molecule has 1 aliphatic rings. The molecule has 2 amide bonds. The Morgan fingerprint density at radius 1 is 0.792 bits per heavy atom. The van der Waals surface area contributed by atoms with Gasteiger partial charge < -0.3 is 25.7 Å². The molecule has 1 aromatic heterocycles. The van der Waals surface area contributed by atoms with Gasteiger partial charge in [-0.15, -0.1) is 0 Å². The Morgan fingerprint density at radius 3 is 1.94 bits per heavy atom. The number of nitrogens with one attached hydrogen (secondary N) is 2. The van der Waals surface area contributed by atoms with Gasteiger partial charge in [-0.2, -0.15) is 26.3 Å². The standard InChI is InChI=1S/C27H31N5O2.2C2HF3O2/c1-20-5-3-6-23(17-20)27(34)30-25-11-12-28-26(18-25)32-14-4-13-31(15-16-32)19-22-7-9-24(10-8-22)29-21(2)33;2*3-2(4,5)1(6)7/h3,5-12,17-18H,4,13-16,19H2,1-2H3,(H,29,33)(H,28,30,34);2*(H,6,7). The molecule has 3 aromatic rings. The van der Waals surface area contributed by atoms with E-state index in [1.165, 1.54) is 12.5 Å². The van der Waals surface area contributed by atoms with E-state index in [9.17, 15) is 35.9 Å². The highest BCUT2D eigenvalue weighted by Gasteiger charge is 2.38. The molecular formula is C31H33F6N5O6. The largest absolute Gasteiger partial charge is 0.490 e. The SMILES string of the molecule is CC(=O)Nc1ccc(CN2CCCN(c3cc(NC(=O)c4cccc(C)c4)ccn3)CC2)cc1.O=C(O)C(F)(F)F.O=C(O)C(F)(F)F. The molecule has 48 heavy (non-hydrogen) atoms. The van der Waals surface area contributed by atoms with Gasteiger partial charge in [-0.05, 0) is 49.2 Å². The number of pyridine rings is 1. The zero-order chi connectivity index (χ0) is 36.1. The first-order chi connectivity index (χ1) is 22.3. The van der Waals surface area contributed by atoms with Gasteiger partial charge in [-0.1, -0.05) is 29.8 Å². The van der Waals surface area contributed by atoms with Gasteiger partial charge in [0.1, 0.15) is 5.82 Å². The second-order valence-corrected chi connectivity index (χ2v) is 10.3. The Balaban J connectivity index is 0.000000479. The number of carboxylic acid groups (broad SMARTS) is 2. The van der Waals surface area contributed by atoms with E-state index < -0.39 is 24.3 Å². The number of hydrogen-bond acceptors (Lipinski definition) is 7. The summed E-state index contributed by atoms with van der Waals surface area (Å²) in [7, 11) is 0. The van der Waals surface area contributed by atoms with E-state index in [2.05, 4.69) is 37.6 Å². The minimum atomic E-state index is -5.08. The van der Waals surface area contributed by atoms with Crippen molar-refractivity contribution in [1.29, 1.82) is 0 Å². The molecule has 11 nitrogen and oxygen atoms in total. The zero-order valence-corrected chi connectivity index (χ0v) is 25.7. The lowest BCUT2D eigenvalue weighted by Crippen LogP contribution is -2.31. The summed E-state index contributed by atoms with van der Waals surface area (Å²) >= 11 is 0. The van der Waals surface area contributed by atoms with Gasteiger partial charge in [0.2, 0.25) is 5.91 Å². The third-order valence-electron chi connectivity index (χ3n) is 6.36. The highest BCUT2D eigenvalue weighted by atomic mass is 19.4. The summed E-state index contributed by atoms with van der Waals surface area (Å²) in [4.78, 5) is 50.9. The van der Waals surface area contributed by atoms with Crippen molar-refractivity contribution in [1.82, 2.24) is 9.88 Å². The van der Waals surface area contributed by atoms with Crippen molar-refractivity contribution in [2.24, 2.45) is 0 Å². The van der Waals surface area contributed by atoms with E-state index in [0.717, 1.165) is 61.9 Å². The minimum absolute atomic E-state index is 0.0623. The predicted molar refractivity (Wildman–Crippen MR) is 164 cm³/mol. The lowest BCUT2D eigenvalue weighted by molar-refractivity contribution is -0.193. The molecular weight excluding hydrogens is 652 g/mol. The van der Waals surface area contributed by atoms with Crippen LogP contribution in [0.15, 0.2) is 66.9 Å². The van der Waals surface area contributed by atoms with Gasteiger partial charge in [-0.25, -0.2) is 14.6 Å². The normalized spacial score (nSPS) is 13.5. The Morgan fingerprint density at radius 2 is 1.40 bits per heavy atom. The van der Waals surface area contributed by atoms with Crippen LogP contribution >= 0.6 is 0 Å². The van der Waals surface area contributed by atoms with Crippen LogP contribution in [-0.4, -0.2) is 82.4 Å². The predicted octanol–water partition coefficient (Wildman–Crippen LogP) is 5.58. The number of carbonyl (C=O) groups excluding carboxylic acids is 2. The number of aliphatic carboxylic acids is 2. The molecule has 260 valence electrons. The number of carboxylic acids is 2. The molecule has 0 unspecified atom stereocenters. The first-order valence-corrected chi connectivity index (χ1v) is 14.1. The van der Waals surface area contributed by atoms with Crippen LogP contribution in [0.2, 0.25) is 0 Å². The van der Waals surface area contributed by atoms with E-state index in [0.29, 0.717) is 5.56 Å². The number of aryl methyl sites for hydroxylation is 1. The lowest BCUT2D eigenvalue weighted by Gasteiger charge is -2.23. The number of rotatable bonds is 6. The molecule has 1 fully saturated rings. The summed E-state index contributed by atoms with van der Waals surface area (Å²) in [6, 6.07) is 19.4. The van der Waals surface area contributed by atoms with E-state index in [4.69, 9.17) is 19.8 Å². The average Bonchev–Trinajstić information content (AvgIpc) is 3.23. The van der Waals surface area contributed by atoms with Crippen LogP contribution in [0, 0.1) is 6.92 Å². The maximum Gasteiger partial charge on any atom is 0.490 e. The number of anilines is 3. The van der Waals surface area contributed by atoms with Crippen LogP contribution in [0.25, 0.3) is 0 Å². The van der Waals surface area contributed by atoms with Crippen molar-refractivity contribution >= 4 is 40.9 Å². The number of nitrogens with zero attached hydrogens (tertiary/aromatic N) is 3. The lowest BCUT2D eigenvalue weighted by atomic mass is 10.1. The monoisotopic (exact) mass is 685 g/mol. The number of carbonyl (C=O) groups is 4. The van der Waals surface area contributed by atoms with Gasteiger partial charge in [0.15, 0.2) is 0 Å². The van der Waals surface area contributed by atoms with Crippen LogP contribution < -0.4 is 15.5 Å². The van der Waals surface area contributed by atoms with Crippen LogP contribution in [0.1, 0.15) is 34.8 Å². The molecule has 4 N–H and O–H groups in total. The van der Waals surface area contributed by atoms with Crippen molar-refractivity contribution in [3.63, 3.8) is 0 Å². The molecule has 0 atom stereocenters. The summed E-state index contributed by atoms with van der Waals surface area (Å²) < 4.78 is 63.5. The van der Waals surface area contributed by atoms with E-state index in [-0.39, 0.29) is 11.8 Å². The summed E-state index contributed by atoms with van der Waals surface area (Å²) in [5, 5.41) is 20.1. The Hall–Kier alpha value is -5.19. The molecule has 1 aliphatic heterocycles. The van der Waals surface area contributed by atoms with Gasteiger partial charge in [0.25, 0.3) is 5.91 Å². The first-order valence-electron chi connectivity index (χ1n) is 14.1. The number of hydrogen-bond donors (Lipinski definition) is 4. The Labute approximate surface area is 271 Å². The second kappa shape index (κ2) is 17.7. The third kappa shape index (κ3) is 14.1. The summed E-state index contributed by atoms with van der Waals surface area (Å²) in [6.07, 6.45) is -7.38. The van der Waals surface area contributed by atoms with Crippen molar-refractivity contribution in [2.75, 3.05) is 41.7 Å².